The zero-order chi connectivity index (χ0) is 19.4. The number of alkyl halides is 1. The van der Waals surface area contributed by atoms with Gasteiger partial charge in [0.25, 0.3) is 0 Å². The van der Waals surface area contributed by atoms with Gasteiger partial charge < -0.3 is 14.6 Å². The van der Waals surface area contributed by atoms with Crippen molar-refractivity contribution in [2.45, 2.75) is 68.0 Å². The molecular weight excluding hydrogens is 465 g/mol. The molecule has 3 nitrogen and oxygen atoms in total. The molecule has 3 atom stereocenters. The van der Waals surface area contributed by atoms with Crippen molar-refractivity contribution >= 4 is 22.6 Å². The largest absolute Gasteiger partial charge is 0.491 e. The molecule has 0 aromatic heterocycles. The van der Waals surface area contributed by atoms with Crippen LogP contribution in [0.25, 0.3) is 0 Å². The molecule has 0 bridgehead atoms. The zero-order valence-corrected chi connectivity index (χ0v) is 18.0. The van der Waals surface area contributed by atoms with Crippen LogP contribution in [-0.4, -0.2) is 34.5 Å². The third-order valence-electron chi connectivity index (χ3n) is 5.98. The van der Waals surface area contributed by atoms with E-state index in [0.717, 1.165) is 3.92 Å². The van der Waals surface area contributed by atoms with E-state index in [9.17, 15) is 13.9 Å². The fraction of sp³-hybridized carbons (Fsp3) is 0.714. The summed E-state index contributed by atoms with van der Waals surface area (Å²) in [4.78, 5) is 0. The highest BCUT2D eigenvalue weighted by Gasteiger charge is 2.35. The molecule has 6 heteroatoms. The molecule has 3 rings (SSSR count). The maximum absolute atomic E-state index is 14.2. The second-order valence-corrected chi connectivity index (χ2v) is 9.53. The van der Waals surface area contributed by atoms with E-state index in [0.29, 0.717) is 44.0 Å². The van der Waals surface area contributed by atoms with Gasteiger partial charge in [0.1, 0.15) is 0 Å². The van der Waals surface area contributed by atoms with Crippen LogP contribution in [0.15, 0.2) is 12.1 Å². The molecule has 0 radical (unpaired) electrons. The summed E-state index contributed by atoms with van der Waals surface area (Å²) in [5.74, 6) is -1.31. The maximum atomic E-state index is 14.2. The van der Waals surface area contributed by atoms with Crippen molar-refractivity contribution in [2.24, 2.45) is 11.8 Å². The van der Waals surface area contributed by atoms with Crippen molar-refractivity contribution in [1.82, 2.24) is 0 Å². The number of hydrogen-bond donors (Lipinski definition) is 1. The van der Waals surface area contributed by atoms with E-state index in [1.807, 2.05) is 0 Å². The van der Waals surface area contributed by atoms with E-state index in [-0.39, 0.29) is 17.8 Å². The molecule has 0 spiro atoms. The van der Waals surface area contributed by atoms with E-state index in [4.69, 9.17) is 9.47 Å². The first-order chi connectivity index (χ1) is 13.0. The van der Waals surface area contributed by atoms with Crippen LogP contribution in [0, 0.1) is 23.5 Å². The summed E-state index contributed by atoms with van der Waals surface area (Å²) in [6.07, 6.45) is 6.13. The molecular formula is C21H29F2IO3. The Morgan fingerprint density at radius 2 is 1.93 bits per heavy atom. The Hall–Kier alpha value is -0.470. The average Bonchev–Trinajstić information content (AvgIpc) is 2.66. The Labute approximate surface area is 174 Å². The number of aliphatic hydroxyl groups is 1. The first-order valence-electron chi connectivity index (χ1n) is 10.0. The Morgan fingerprint density at radius 1 is 1.19 bits per heavy atom. The monoisotopic (exact) mass is 494 g/mol. The molecule has 1 N–H and O–H groups in total. The van der Waals surface area contributed by atoms with Crippen molar-refractivity contribution in [2.75, 3.05) is 13.2 Å². The Balaban J connectivity index is 1.52. The Morgan fingerprint density at radius 3 is 2.59 bits per heavy atom. The van der Waals surface area contributed by atoms with Gasteiger partial charge in [-0.1, -0.05) is 28.7 Å². The van der Waals surface area contributed by atoms with E-state index < -0.39 is 17.7 Å². The highest BCUT2D eigenvalue weighted by atomic mass is 127. The highest BCUT2D eigenvalue weighted by Crippen LogP contribution is 2.37. The Kier molecular flexibility index (Phi) is 7.74. The lowest BCUT2D eigenvalue weighted by molar-refractivity contribution is -0.110. The molecule has 1 aliphatic heterocycles. The number of ether oxygens (including phenoxy) is 2. The van der Waals surface area contributed by atoms with Crippen LogP contribution in [0.3, 0.4) is 0 Å². The average molecular weight is 494 g/mol. The third kappa shape index (κ3) is 5.32. The van der Waals surface area contributed by atoms with Crippen LogP contribution >= 0.6 is 22.6 Å². The van der Waals surface area contributed by atoms with E-state index in [1.54, 1.807) is 13.0 Å². The first kappa shape index (κ1) is 21.2. The van der Waals surface area contributed by atoms with E-state index in [2.05, 4.69) is 22.6 Å². The van der Waals surface area contributed by atoms with E-state index in [1.165, 1.54) is 31.7 Å². The lowest BCUT2D eigenvalue weighted by Crippen LogP contribution is -2.42. The number of aliphatic hydroxyl groups excluding tert-OH is 1. The van der Waals surface area contributed by atoms with Crippen LogP contribution in [-0.2, 0) is 11.2 Å². The minimum Gasteiger partial charge on any atom is -0.491 e. The van der Waals surface area contributed by atoms with Gasteiger partial charge in [0.15, 0.2) is 11.6 Å². The minimum absolute atomic E-state index is 0.0313. The lowest BCUT2D eigenvalue weighted by atomic mass is 9.80. The number of halogens is 3. The van der Waals surface area contributed by atoms with Crippen LogP contribution < -0.4 is 4.74 Å². The fourth-order valence-electron chi connectivity index (χ4n) is 4.28. The summed E-state index contributed by atoms with van der Waals surface area (Å²) in [5, 5.41) is 10.6. The van der Waals surface area contributed by atoms with Crippen LogP contribution in [0.4, 0.5) is 8.78 Å². The lowest BCUT2D eigenvalue weighted by Gasteiger charge is -2.39. The van der Waals surface area contributed by atoms with Gasteiger partial charge in [0.2, 0.25) is 5.82 Å². The molecule has 2 aliphatic rings. The molecule has 27 heavy (non-hydrogen) atoms. The van der Waals surface area contributed by atoms with Gasteiger partial charge in [-0.3, -0.25) is 0 Å². The number of aryl methyl sites for hydroxylation is 1. The SMILES string of the molecule is CCOc1ccc(CCC2COC(C3CCC(I)CC3)CC2O)c(F)c1F. The second kappa shape index (κ2) is 9.83. The summed E-state index contributed by atoms with van der Waals surface area (Å²) in [6.45, 7) is 2.52. The highest BCUT2D eigenvalue weighted by molar-refractivity contribution is 14.1. The smallest absolute Gasteiger partial charge is 0.200 e. The predicted octanol–water partition coefficient (Wildman–Crippen LogP) is 5.06. The summed E-state index contributed by atoms with van der Waals surface area (Å²) in [6, 6.07) is 3.05. The van der Waals surface area contributed by atoms with Crippen molar-refractivity contribution < 1.29 is 23.4 Å². The molecule has 1 saturated carbocycles. The normalized spacial score (nSPS) is 31.7. The molecule has 2 fully saturated rings. The van der Waals surface area contributed by atoms with Crippen molar-refractivity contribution in [1.29, 1.82) is 0 Å². The number of hydrogen-bond acceptors (Lipinski definition) is 3. The van der Waals surface area contributed by atoms with Crippen molar-refractivity contribution in [3.05, 3.63) is 29.3 Å². The van der Waals surface area contributed by atoms with Crippen LogP contribution in [0.5, 0.6) is 5.75 Å². The number of benzene rings is 1. The molecule has 1 heterocycles. The fourth-order valence-corrected chi connectivity index (χ4v) is 5.00. The summed E-state index contributed by atoms with van der Waals surface area (Å²) in [5.41, 5.74) is 0.325. The van der Waals surface area contributed by atoms with E-state index >= 15 is 0 Å². The van der Waals surface area contributed by atoms with Crippen molar-refractivity contribution in [3.63, 3.8) is 0 Å². The Bertz CT molecular complexity index is 620. The van der Waals surface area contributed by atoms with Crippen molar-refractivity contribution in [3.8, 4) is 5.75 Å². The number of rotatable bonds is 6. The van der Waals surface area contributed by atoms with Crippen LogP contribution in [0.2, 0.25) is 0 Å². The van der Waals surface area contributed by atoms with Gasteiger partial charge >= 0.3 is 0 Å². The molecule has 3 unspecified atom stereocenters. The molecule has 1 aliphatic carbocycles. The zero-order valence-electron chi connectivity index (χ0n) is 15.8. The molecule has 0 amide bonds. The van der Waals surface area contributed by atoms with Gasteiger partial charge in [-0.25, -0.2) is 4.39 Å². The third-order valence-corrected chi connectivity index (χ3v) is 7.23. The predicted molar refractivity (Wildman–Crippen MR) is 109 cm³/mol. The summed E-state index contributed by atoms with van der Waals surface area (Å²) < 4.78 is 40.2. The maximum Gasteiger partial charge on any atom is 0.200 e. The summed E-state index contributed by atoms with van der Waals surface area (Å²) in [7, 11) is 0. The standard InChI is InChI=1S/C21H29F2IO3/c1-2-26-18-10-7-14(20(22)21(18)23)3-4-15-12-27-19(11-17(15)25)13-5-8-16(24)9-6-13/h7,10,13,15-17,19,25H,2-6,8-9,11-12H2,1H3. The molecule has 1 aromatic rings. The minimum atomic E-state index is -0.930. The summed E-state index contributed by atoms with van der Waals surface area (Å²) >= 11 is 2.52. The van der Waals surface area contributed by atoms with Gasteiger partial charge in [0.05, 0.1) is 25.4 Å². The van der Waals surface area contributed by atoms with Gasteiger partial charge in [-0.05, 0) is 63.0 Å². The van der Waals surface area contributed by atoms with Gasteiger partial charge in [-0.15, -0.1) is 0 Å². The van der Waals surface area contributed by atoms with Gasteiger partial charge in [0, 0.05) is 16.3 Å². The molecule has 152 valence electrons. The first-order valence-corrected chi connectivity index (χ1v) is 11.3. The molecule has 1 saturated heterocycles. The topological polar surface area (TPSA) is 38.7 Å². The van der Waals surface area contributed by atoms with Gasteiger partial charge in [-0.2, -0.15) is 4.39 Å². The van der Waals surface area contributed by atoms with Crippen LogP contribution in [0.1, 0.15) is 51.0 Å². The molecule has 1 aromatic carbocycles. The second-order valence-electron chi connectivity index (χ2n) is 7.77. The quantitative estimate of drug-likeness (QED) is 0.444.